The maximum Gasteiger partial charge on any atom is 0.273 e. The first-order valence-electron chi connectivity index (χ1n) is 10.2. The summed E-state index contributed by atoms with van der Waals surface area (Å²) < 4.78 is 48.3. The molecule has 0 amide bonds. The lowest BCUT2D eigenvalue weighted by Crippen LogP contribution is -2.19. The molecule has 1 aromatic heterocycles. The van der Waals surface area contributed by atoms with Gasteiger partial charge in [-0.2, -0.15) is 0 Å². The lowest BCUT2D eigenvalue weighted by atomic mass is 10.0. The molecule has 7 nitrogen and oxygen atoms in total. The number of hydrogen-bond acceptors (Lipinski definition) is 5. The molecule has 0 spiro atoms. The zero-order valence-corrected chi connectivity index (χ0v) is 19.9. The SMILES string of the molecule is C/C=C/S(=O)(=O)Nc1ccc(Oc2c(C)cc(F)cc2C)c(-c2cc(NC)c(=O)n(C)c2)c1. The quantitative estimate of drug-likeness (QED) is 0.511. The number of hydrogen-bond donors (Lipinski definition) is 2. The highest BCUT2D eigenvalue weighted by molar-refractivity contribution is 7.95. The standard InChI is InChI=1S/C24H26FN3O4S/c1-6-9-33(30,31)27-19-7-8-22(32-23-15(2)10-18(25)11-16(23)3)20(13-19)17-12-21(26-4)24(29)28(5)14-17/h6-14,26-27H,1-5H3/b9-6+. The number of halogens is 1. The van der Waals surface area contributed by atoms with Crippen LogP contribution in [0.15, 0.2) is 58.9 Å². The number of anilines is 2. The molecule has 3 aromatic rings. The third-order valence-corrected chi connectivity index (χ3v) is 6.11. The third-order valence-electron chi connectivity index (χ3n) is 4.96. The van der Waals surface area contributed by atoms with E-state index in [1.807, 2.05) is 0 Å². The van der Waals surface area contributed by atoms with Crippen LogP contribution in [0.2, 0.25) is 0 Å². The van der Waals surface area contributed by atoms with E-state index in [0.717, 1.165) is 5.41 Å². The van der Waals surface area contributed by atoms with Gasteiger partial charge in [0.2, 0.25) is 0 Å². The van der Waals surface area contributed by atoms with Crippen LogP contribution in [-0.2, 0) is 17.1 Å². The van der Waals surface area contributed by atoms with E-state index in [-0.39, 0.29) is 11.4 Å². The highest BCUT2D eigenvalue weighted by Crippen LogP contribution is 2.38. The second kappa shape index (κ2) is 9.50. The second-order valence-corrected chi connectivity index (χ2v) is 9.17. The number of pyridine rings is 1. The Hall–Kier alpha value is -3.59. The van der Waals surface area contributed by atoms with Crippen molar-refractivity contribution in [2.24, 2.45) is 7.05 Å². The van der Waals surface area contributed by atoms with Crippen LogP contribution in [-0.4, -0.2) is 20.0 Å². The van der Waals surface area contributed by atoms with E-state index < -0.39 is 10.0 Å². The molecule has 33 heavy (non-hydrogen) atoms. The molecule has 0 fully saturated rings. The molecule has 0 aliphatic rings. The molecular weight excluding hydrogens is 445 g/mol. The number of nitrogens with one attached hydrogen (secondary N) is 2. The first kappa shape index (κ1) is 24.1. The van der Waals surface area contributed by atoms with Crippen LogP contribution in [0.5, 0.6) is 11.5 Å². The Labute approximate surface area is 192 Å². The molecule has 1 heterocycles. The molecule has 2 aromatic carbocycles. The first-order valence-corrected chi connectivity index (χ1v) is 11.7. The number of allylic oxidation sites excluding steroid dienone is 1. The van der Waals surface area contributed by atoms with Crippen molar-refractivity contribution in [3.63, 3.8) is 0 Å². The molecular formula is C24H26FN3O4S. The highest BCUT2D eigenvalue weighted by Gasteiger charge is 2.16. The molecule has 0 aliphatic heterocycles. The van der Waals surface area contributed by atoms with E-state index in [1.165, 1.54) is 22.8 Å². The summed E-state index contributed by atoms with van der Waals surface area (Å²) in [5.41, 5.74) is 2.89. The van der Waals surface area contributed by atoms with E-state index in [0.29, 0.717) is 45.1 Å². The van der Waals surface area contributed by atoms with Crippen LogP contribution in [0.3, 0.4) is 0 Å². The average Bonchev–Trinajstić information content (AvgIpc) is 2.73. The minimum Gasteiger partial charge on any atom is -0.456 e. The summed E-state index contributed by atoms with van der Waals surface area (Å²) in [4.78, 5) is 12.3. The summed E-state index contributed by atoms with van der Waals surface area (Å²) >= 11 is 0. The van der Waals surface area contributed by atoms with Crippen molar-refractivity contribution < 1.29 is 17.5 Å². The van der Waals surface area contributed by atoms with Crippen molar-refractivity contribution in [3.05, 3.63) is 81.4 Å². The fraction of sp³-hybridized carbons (Fsp3) is 0.208. The molecule has 3 rings (SSSR count). The number of benzene rings is 2. The molecule has 9 heteroatoms. The maximum atomic E-state index is 13.8. The Bertz CT molecular complexity index is 1370. The predicted molar refractivity (Wildman–Crippen MR) is 130 cm³/mol. The number of ether oxygens (including phenoxy) is 1. The Balaban J connectivity index is 2.20. The van der Waals surface area contributed by atoms with Crippen LogP contribution in [0.25, 0.3) is 11.1 Å². The van der Waals surface area contributed by atoms with Gasteiger partial charge in [0.1, 0.15) is 23.0 Å². The summed E-state index contributed by atoms with van der Waals surface area (Å²) in [6.45, 7) is 5.10. The highest BCUT2D eigenvalue weighted by atomic mass is 32.2. The third kappa shape index (κ3) is 5.43. The van der Waals surface area contributed by atoms with Gasteiger partial charge in [-0.25, -0.2) is 12.8 Å². The Morgan fingerprint density at radius 1 is 1.09 bits per heavy atom. The van der Waals surface area contributed by atoms with Gasteiger partial charge < -0.3 is 14.6 Å². The average molecular weight is 472 g/mol. The largest absolute Gasteiger partial charge is 0.456 e. The van der Waals surface area contributed by atoms with Gasteiger partial charge in [0.05, 0.1) is 0 Å². The monoisotopic (exact) mass is 471 g/mol. The van der Waals surface area contributed by atoms with Crippen molar-refractivity contribution in [1.29, 1.82) is 0 Å². The summed E-state index contributed by atoms with van der Waals surface area (Å²) in [6.07, 6.45) is 3.06. The van der Waals surface area contributed by atoms with Crippen molar-refractivity contribution in [2.75, 3.05) is 17.1 Å². The van der Waals surface area contributed by atoms with Gasteiger partial charge in [0.15, 0.2) is 0 Å². The van der Waals surface area contributed by atoms with Crippen molar-refractivity contribution >= 4 is 21.4 Å². The second-order valence-electron chi connectivity index (χ2n) is 7.61. The number of aryl methyl sites for hydroxylation is 3. The minimum atomic E-state index is -3.68. The van der Waals surface area contributed by atoms with Gasteiger partial charge in [-0.05, 0) is 68.3 Å². The molecule has 0 aliphatic carbocycles. The van der Waals surface area contributed by atoms with Crippen molar-refractivity contribution in [3.8, 4) is 22.6 Å². The zero-order valence-electron chi connectivity index (χ0n) is 19.1. The molecule has 0 unspecified atom stereocenters. The van der Waals surface area contributed by atoms with Crippen LogP contribution >= 0.6 is 0 Å². The number of sulfonamides is 1. The van der Waals surface area contributed by atoms with Crippen LogP contribution in [0.4, 0.5) is 15.8 Å². The Kier molecular flexibility index (Phi) is 6.92. The summed E-state index contributed by atoms with van der Waals surface area (Å²) in [7, 11) is -0.413. The van der Waals surface area contributed by atoms with Crippen LogP contribution in [0.1, 0.15) is 18.1 Å². The summed E-state index contributed by atoms with van der Waals surface area (Å²) in [5.74, 6) is 0.559. The van der Waals surface area contributed by atoms with Crippen LogP contribution < -0.4 is 20.3 Å². The molecule has 2 N–H and O–H groups in total. The smallest absolute Gasteiger partial charge is 0.273 e. The fourth-order valence-electron chi connectivity index (χ4n) is 3.49. The van der Waals surface area contributed by atoms with Crippen molar-refractivity contribution in [1.82, 2.24) is 4.57 Å². The van der Waals surface area contributed by atoms with E-state index >= 15 is 0 Å². The van der Waals surface area contributed by atoms with Gasteiger partial charge in [0, 0.05) is 42.5 Å². The Morgan fingerprint density at radius 2 is 1.76 bits per heavy atom. The fourth-order valence-corrected chi connectivity index (χ4v) is 4.37. The molecule has 174 valence electrons. The maximum absolute atomic E-state index is 13.8. The lowest BCUT2D eigenvalue weighted by Gasteiger charge is -2.17. The summed E-state index contributed by atoms with van der Waals surface area (Å²) in [5, 5.41) is 3.94. The summed E-state index contributed by atoms with van der Waals surface area (Å²) in [6, 6.07) is 9.27. The zero-order chi connectivity index (χ0) is 24.3. The van der Waals surface area contributed by atoms with Crippen LogP contribution in [0, 0.1) is 19.7 Å². The number of nitrogens with zero attached hydrogens (tertiary/aromatic N) is 1. The lowest BCUT2D eigenvalue weighted by molar-refractivity contribution is 0.474. The molecule has 0 radical (unpaired) electrons. The normalized spacial score (nSPS) is 11.6. The van der Waals surface area contributed by atoms with E-state index in [2.05, 4.69) is 10.0 Å². The molecule has 0 atom stereocenters. The van der Waals surface area contributed by atoms with Gasteiger partial charge in [-0.1, -0.05) is 6.08 Å². The van der Waals surface area contributed by atoms with E-state index in [4.69, 9.17) is 4.74 Å². The van der Waals surface area contributed by atoms with E-state index in [9.17, 15) is 17.6 Å². The topological polar surface area (TPSA) is 89.4 Å². The predicted octanol–water partition coefficient (Wildman–Crippen LogP) is 4.92. The number of rotatable bonds is 7. The molecule has 0 saturated carbocycles. The molecule has 0 saturated heterocycles. The van der Waals surface area contributed by atoms with Gasteiger partial charge in [0.25, 0.3) is 15.6 Å². The van der Waals surface area contributed by atoms with Gasteiger partial charge in [-0.3, -0.25) is 9.52 Å². The van der Waals surface area contributed by atoms with Crippen molar-refractivity contribution in [2.45, 2.75) is 20.8 Å². The van der Waals surface area contributed by atoms with E-state index in [1.54, 1.807) is 65.3 Å². The minimum absolute atomic E-state index is 0.209. The van der Waals surface area contributed by atoms with Gasteiger partial charge in [-0.15, -0.1) is 0 Å². The number of aromatic nitrogens is 1. The molecule has 0 bridgehead atoms. The Morgan fingerprint density at radius 3 is 2.36 bits per heavy atom. The first-order chi connectivity index (χ1) is 15.5. The van der Waals surface area contributed by atoms with Gasteiger partial charge >= 0.3 is 0 Å².